The summed E-state index contributed by atoms with van der Waals surface area (Å²) in [6.07, 6.45) is 14.1. The summed E-state index contributed by atoms with van der Waals surface area (Å²) in [5.74, 6) is 1.55. The molecule has 0 aromatic heterocycles. The minimum atomic E-state index is -0.00909. The van der Waals surface area contributed by atoms with Crippen molar-refractivity contribution < 1.29 is 4.79 Å². The fourth-order valence-corrected chi connectivity index (χ4v) is 5.56. The Labute approximate surface area is 127 Å². The standard InChI is InChI=1S/C19H25NO/c1-18-9-7-13(21)11-12(18)3-4-14-15-5-6-17(20)19(15,2)10-8-16(14)18/h7-9,11,14-15,17H,3-6,10,20H2,1-2H3/t14-,15-,17-,18-,19-/m0/s1. The second-order valence-corrected chi connectivity index (χ2v) is 7.91. The predicted octanol–water partition coefficient (Wildman–Crippen LogP) is 3.54. The fourth-order valence-electron chi connectivity index (χ4n) is 5.56. The molecule has 0 aromatic rings. The lowest BCUT2D eigenvalue weighted by Crippen LogP contribution is -2.46. The first-order valence-corrected chi connectivity index (χ1v) is 8.35. The minimum Gasteiger partial charge on any atom is -0.327 e. The number of ketones is 1. The molecule has 0 heterocycles. The lowest BCUT2D eigenvalue weighted by atomic mass is 9.53. The van der Waals surface area contributed by atoms with Crippen LogP contribution in [-0.2, 0) is 4.79 Å². The minimum absolute atomic E-state index is 0.00909. The van der Waals surface area contributed by atoms with Crippen LogP contribution in [0.15, 0.2) is 35.5 Å². The van der Waals surface area contributed by atoms with E-state index in [1.54, 1.807) is 11.6 Å². The Morgan fingerprint density at radius 3 is 2.86 bits per heavy atom. The third kappa shape index (κ3) is 1.66. The van der Waals surface area contributed by atoms with E-state index < -0.39 is 0 Å². The van der Waals surface area contributed by atoms with Gasteiger partial charge < -0.3 is 5.73 Å². The van der Waals surface area contributed by atoms with E-state index in [9.17, 15) is 4.79 Å². The van der Waals surface area contributed by atoms with Crippen molar-refractivity contribution in [3.63, 3.8) is 0 Å². The van der Waals surface area contributed by atoms with Crippen LogP contribution < -0.4 is 5.73 Å². The van der Waals surface area contributed by atoms with Gasteiger partial charge in [-0.25, -0.2) is 0 Å². The van der Waals surface area contributed by atoms with Crippen molar-refractivity contribution in [1.29, 1.82) is 0 Å². The van der Waals surface area contributed by atoms with Gasteiger partial charge in [-0.05, 0) is 68.4 Å². The molecule has 0 saturated heterocycles. The summed E-state index contributed by atoms with van der Waals surface area (Å²) >= 11 is 0. The van der Waals surface area contributed by atoms with Gasteiger partial charge in [-0.2, -0.15) is 0 Å². The highest BCUT2D eigenvalue weighted by Crippen LogP contribution is 2.61. The van der Waals surface area contributed by atoms with Gasteiger partial charge in [0.25, 0.3) is 0 Å². The molecule has 0 unspecified atom stereocenters. The fraction of sp³-hybridized carbons (Fsp3) is 0.632. The van der Waals surface area contributed by atoms with Crippen LogP contribution in [0.1, 0.15) is 46.0 Å². The van der Waals surface area contributed by atoms with Crippen molar-refractivity contribution in [2.24, 2.45) is 28.4 Å². The van der Waals surface area contributed by atoms with Crippen LogP contribution in [0.25, 0.3) is 0 Å². The van der Waals surface area contributed by atoms with Gasteiger partial charge in [0.1, 0.15) is 0 Å². The van der Waals surface area contributed by atoms with Gasteiger partial charge >= 0.3 is 0 Å². The van der Waals surface area contributed by atoms with Crippen LogP contribution >= 0.6 is 0 Å². The SMILES string of the molecule is C[C@]12C=CC(=O)C=C1CC[C@@H]1C2=CC[C@]2(C)[C@@H](N)CC[C@@H]12. The molecule has 0 spiro atoms. The number of hydrogen-bond donors (Lipinski definition) is 1. The van der Waals surface area contributed by atoms with Gasteiger partial charge in [0.2, 0.25) is 0 Å². The number of rotatable bonds is 0. The van der Waals surface area contributed by atoms with Gasteiger partial charge in [-0.15, -0.1) is 0 Å². The van der Waals surface area contributed by atoms with Crippen LogP contribution in [0, 0.1) is 22.7 Å². The number of hydrogen-bond acceptors (Lipinski definition) is 2. The normalized spacial score (nSPS) is 48.1. The van der Waals surface area contributed by atoms with E-state index in [2.05, 4.69) is 26.0 Å². The Kier molecular flexibility index (Phi) is 2.70. The summed E-state index contributed by atoms with van der Waals surface area (Å²) in [6.45, 7) is 4.70. The Bertz CT molecular complexity index is 599. The molecule has 21 heavy (non-hydrogen) atoms. The molecule has 5 atom stereocenters. The summed E-state index contributed by atoms with van der Waals surface area (Å²) in [4.78, 5) is 11.7. The largest absolute Gasteiger partial charge is 0.327 e. The smallest absolute Gasteiger partial charge is 0.178 e. The first kappa shape index (κ1) is 13.5. The van der Waals surface area contributed by atoms with Crippen molar-refractivity contribution in [3.8, 4) is 0 Å². The van der Waals surface area contributed by atoms with Crippen LogP contribution in [0.5, 0.6) is 0 Å². The summed E-state index contributed by atoms with van der Waals surface area (Å²) in [5, 5.41) is 0. The van der Waals surface area contributed by atoms with E-state index in [1.807, 2.05) is 6.08 Å². The van der Waals surface area contributed by atoms with Crippen molar-refractivity contribution in [1.82, 2.24) is 0 Å². The molecular formula is C19H25NO. The van der Waals surface area contributed by atoms with E-state index in [0.717, 1.165) is 18.8 Å². The average molecular weight is 283 g/mol. The lowest BCUT2D eigenvalue weighted by molar-refractivity contribution is -0.110. The molecule has 4 aliphatic carbocycles. The molecule has 112 valence electrons. The zero-order valence-corrected chi connectivity index (χ0v) is 13.1. The molecule has 4 aliphatic rings. The summed E-state index contributed by atoms with van der Waals surface area (Å²) < 4.78 is 0. The van der Waals surface area contributed by atoms with Gasteiger partial charge in [0.05, 0.1) is 0 Å². The molecule has 2 nitrogen and oxygen atoms in total. The van der Waals surface area contributed by atoms with Crippen LogP contribution in [0.3, 0.4) is 0 Å². The van der Waals surface area contributed by atoms with E-state index in [0.29, 0.717) is 17.4 Å². The third-order valence-electron chi connectivity index (χ3n) is 7.02. The molecule has 2 saturated carbocycles. The van der Waals surface area contributed by atoms with Crippen molar-refractivity contribution in [3.05, 3.63) is 35.5 Å². The number of nitrogens with two attached hydrogens (primary N) is 1. The average Bonchev–Trinajstić information content (AvgIpc) is 2.76. The number of carbonyl (C=O) groups is 1. The topological polar surface area (TPSA) is 43.1 Å². The second kappa shape index (κ2) is 4.19. The summed E-state index contributed by atoms with van der Waals surface area (Å²) in [5.41, 5.74) is 9.60. The first-order chi connectivity index (χ1) is 9.95. The number of carbonyl (C=O) groups excluding carboxylic acids is 1. The van der Waals surface area contributed by atoms with Crippen molar-refractivity contribution in [2.45, 2.75) is 52.0 Å². The molecule has 0 amide bonds. The van der Waals surface area contributed by atoms with Gasteiger partial charge in [0.15, 0.2) is 5.78 Å². The lowest BCUT2D eigenvalue weighted by Gasteiger charge is -2.52. The second-order valence-electron chi connectivity index (χ2n) is 7.91. The van der Waals surface area contributed by atoms with Gasteiger partial charge in [0, 0.05) is 11.5 Å². The van der Waals surface area contributed by atoms with Crippen LogP contribution in [0.4, 0.5) is 0 Å². The monoisotopic (exact) mass is 283 g/mol. The van der Waals surface area contributed by atoms with Crippen molar-refractivity contribution >= 4 is 5.78 Å². The molecule has 0 bridgehead atoms. The zero-order chi connectivity index (χ0) is 14.8. The van der Waals surface area contributed by atoms with Gasteiger partial charge in [-0.1, -0.05) is 30.2 Å². The molecule has 2 heteroatoms. The van der Waals surface area contributed by atoms with E-state index in [4.69, 9.17) is 5.73 Å². The van der Waals surface area contributed by atoms with Crippen LogP contribution in [-0.4, -0.2) is 11.8 Å². The number of allylic oxidation sites excluding steroid dienone is 6. The number of fused-ring (bicyclic) bond motifs is 5. The van der Waals surface area contributed by atoms with Gasteiger partial charge in [-0.3, -0.25) is 4.79 Å². The quantitative estimate of drug-likeness (QED) is 0.691. The molecule has 4 rings (SSSR count). The Morgan fingerprint density at radius 1 is 1.24 bits per heavy atom. The predicted molar refractivity (Wildman–Crippen MR) is 84.6 cm³/mol. The maximum absolute atomic E-state index is 11.7. The third-order valence-corrected chi connectivity index (χ3v) is 7.02. The first-order valence-electron chi connectivity index (χ1n) is 8.35. The Morgan fingerprint density at radius 2 is 2.05 bits per heavy atom. The highest BCUT2D eigenvalue weighted by atomic mass is 16.1. The highest BCUT2D eigenvalue weighted by molar-refractivity contribution is 6.01. The zero-order valence-electron chi connectivity index (χ0n) is 13.1. The Balaban J connectivity index is 1.78. The molecule has 0 radical (unpaired) electrons. The maximum Gasteiger partial charge on any atom is 0.178 e. The molecule has 0 aromatic carbocycles. The maximum atomic E-state index is 11.7. The van der Waals surface area contributed by atoms with Crippen molar-refractivity contribution in [2.75, 3.05) is 0 Å². The molecular weight excluding hydrogens is 258 g/mol. The van der Waals surface area contributed by atoms with E-state index in [-0.39, 0.29) is 11.2 Å². The molecule has 2 fully saturated rings. The molecule has 0 aliphatic heterocycles. The molecule has 2 N–H and O–H groups in total. The van der Waals surface area contributed by atoms with Crippen LogP contribution in [0.2, 0.25) is 0 Å². The summed E-state index contributed by atoms with van der Waals surface area (Å²) in [6, 6.07) is 0.355. The van der Waals surface area contributed by atoms with E-state index in [1.165, 1.54) is 24.8 Å². The highest BCUT2D eigenvalue weighted by Gasteiger charge is 2.54. The summed E-state index contributed by atoms with van der Waals surface area (Å²) in [7, 11) is 0. The Hall–Kier alpha value is -1.15. The van der Waals surface area contributed by atoms with E-state index >= 15 is 0 Å².